The molecule has 0 saturated carbocycles. The number of hydrogen-bond acceptors (Lipinski definition) is 4. The fourth-order valence-electron chi connectivity index (χ4n) is 2.03. The second-order valence-electron chi connectivity index (χ2n) is 4.69. The number of benzene rings is 2. The van der Waals surface area contributed by atoms with E-state index in [2.05, 4.69) is 21.2 Å². The van der Waals surface area contributed by atoms with E-state index in [1.54, 1.807) is 12.1 Å². The van der Waals surface area contributed by atoms with Gasteiger partial charge in [-0.15, -0.1) is 0 Å². The lowest BCUT2D eigenvalue weighted by atomic mass is 10.1. The predicted octanol–water partition coefficient (Wildman–Crippen LogP) is 3.77. The number of rotatable bonds is 5. The minimum atomic E-state index is -0.433. The van der Waals surface area contributed by atoms with Gasteiger partial charge in [0.2, 0.25) is 0 Å². The molecule has 0 fully saturated rings. The van der Waals surface area contributed by atoms with E-state index in [-0.39, 0.29) is 12.3 Å². The lowest BCUT2D eigenvalue weighted by Gasteiger charge is -2.11. The van der Waals surface area contributed by atoms with Gasteiger partial charge in [0.25, 0.3) is 5.69 Å². The summed E-state index contributed by atoms with van der Waals surface area (Å²) in [7, 11) is 0. The van der Waals surface area contributed by atoms with Gasteiger partial charge in [-0.05, 0) is 47.9 Å². The van der Waals surface area contributed by atoms with Crippen LogP contribution >= 0.6 is 15.9 Å². The van der Waals surface area contributed by atoms with Crippen LogP contribution < -0.4 is 5.32 Å². The molecule has 0 amide bonds. The van der Waals surface area contributed by atoms with E-state index in [1.165, 1.54) is 6.07 Å². The Morgan fingerprint density at radius 3 is 2.67 bits per heavy atom. The summed E-state index contributed by atoms with van der Waals surface area (Å²) in [4.78, 5) is 10.6. The van der Waals surface area contributed by atoms with Gasteiger partial charge < -0.3 is 10.4 Å². The molecule has 21 heavy (non-hydrogen) atoms. The SMILES string of the molecule is Cc1cc(Br)ccc1CNc1cc(CO)ccc1[N+](=O)[O-]. The second-order valence-corrected chi connectivity index (χ2v) is 5.61. The van der Waals surface area contributed by atoms with Gasteiger partial charge >= 0.3 is 0 Å². The highest BCUT2D eigenvalue weighted by atomic mass is 79.9. The van der Waals surface area contributed by atoms with E-state index in [9.17, 15) is 10.1 Å². The van der Waals surface area contributed by atoms with Crippen LogP contribution in [0.2, 0.25) is 0 Å². The highest BCUT2D eigenvalue weighted by Crippen LogP contribution is 2.26. The largest absolute Gasteiger partial charge is 0.392 e. The topological polar surface area (TPSA) is 75.4 Å². The fraction of sp³-hybridized carbons (Fsp3) is 0.200. The Hall–Kier alpha value is -1.92. The maximum Gasteiger partial charge on any atom is 0.292 e. The van der Waals surface area contributed by atoms with Gasteiger partial charge in [-0.1, -0.05) is 22.0 Å². The molecule has 2 rings (SSSR count). The third-order valence-electron chi connectivity index (χ3n) is 3.21. The van der Waals surface area contributed by atoms with Crippen molar-refractivity contribution in [3.8, 4) is 0 Å². The number of hydrogen-bond donors (Lipinski definition) is 2. The Morgan fingerprint density at radius 2 is 2.05 bits per heavy atom. The molecule has 5 nitrogen and oxygen atoms in total. The minimum absolute atomic E-state index is 0.00182. The van der Waals surface area contributed by atoms with Crippen LogP contribution in [0.5, 0.6) is 0 Å². The van der Waals surface area contributed by atoms with Crippen LogP contribution in [0.3, 0.4) is 0 Å². The molecule has 0 unspecified atom stereocenters. The van der Waals surface area contributed by atoms with Gasteiger partial charge in [-0.2, -0.15) is 0 Å². The number of aryl methyl sites for hydroxylation is 1. The summed E-state index contributed by atoms with van der Waals surface area (Å²) in [5.41, 5.74) is 3.20. The molecule has 2 N–H and O–H groups in total. The van der Waals surface area contributed by atoms with Crippen molar-refractivity contribution in [3.63, 3.8) is 0 Å². The molecule has 6 heteroatoms. The Kier molecular flexibility index (Phi) is 4.93. The number of aliphatic hydroxyl groups excluding tert-OH is 1. The molecule has 0 bridgehead atoms. The molecule has 0 atom stereocenters. The number of nitro groups is 1. The maximum atomic E-state index is 11.0. The second kappa shape index (κ2) is 6.69. The van der Waals surface area contributed by atoms with Crippen molar-refractivity contribution in [2.24, 2.45) is 0 Å². The van der Waals surface area contributed by atoms with Crippen molar-refractivity contribution in [3.05, 3.63) is 67.7 Å². The Balaban J connectivity index is 2.24. The Bertz CT molecular complexity index is 674. The molecule has 0 spiro atoms. The van der Waals surface area contributed by atoms with Crippen molar-refractivity contribution in [1.29, 1.82) is 0 Å². The van der Waals surface area contributed by atoms with Crippen molar-refractivity contribution in [1.82, 2.24) is 0 Å². The average Bonchev–Trinajstić information content (AvgIpc) is 2.45. The zero-order valence-corrected chi connectivity index (χ0v) is 13.1. The summed E-state index contributed by atoms with van der Waals surface area (Å²) in [5.74, 6) is 0. The molecule has 110 valence electrons. The van der Waals surface area contributed by atoms with Crippen LogP contribution in [0, 0.1) is 17.0 Å². The summed E-state index contributed by atoms with van der Waals surface area (Å²) >= 11 is 3.40. The molecular formula is C15H15BrN2O3. The first kappa shape index (κ1) is 15.5. The van der Waals surface area contributed by atoms with Crippen LogP contribution in [0.4, 0.5) is 11.4 Å². The van der Waals surface area contributed by atoms with Crippen molar-refractivity contribution >= 4 is 27.3 Å². The number of nitrogens with zero attached hydrogens (tertiary/aromatic N) is 1. The fourth-order valence-corrected chi connectivity index (χ4v) is 2.51. The van der Waals surface area contributed by atoms with Gasteiger partial charge in [-0.3, -0.25) is 10.1 Å². The molecule has 0 saturated heterocycles. The first-order chi connectivity index (χ1) is 10.0. The van der Waals surface area contributed by atoms with Crippen molar-refractivity contribution < 1.29 is 10.0 Å². The first-order valence-corrected chi connectivity index (χ1v) is 7.17. The van der Waals surface area contributed by atoms with Crippen molar-refractivity contribution in [2.75, 3.05) is 5.32 Å². The van der Waals surface area contributed by atoms with Gasteiger partial charge in [0.15, 0.2) is 0 Å². The summed E-state index contributed by atoms with van der Waals surface area (Å²) in [6.45, 7) is 2.32. The molecule has 2 aromatic rings. The van der Waals surface area contributed by atoms with Crippen LogP contribution in [0.25, 0.3) is 0 Å². The van der Waals surface area contributed by atoms with E-state index in [0.717, 1.165) is 15.6 Å². The highest BCUT2D eigenvalue weighted by Gasteiger charge is 2.14. The third-order valence-corrected chi connectivity index (χ3v) is 3.71. The van der Waals surface area contributed by atoms with Crippen LogP contribution in [0.15, 0.2) is 40.9 Å². The van der Waals surface area contributed by atoms with Gasteiger partial charge in [-0.25, -0.2) is 0 Å². The van der Waals surface area contributed by atoms with Crippen LogP contribution in [-0.4, -0.2) is 10.0 Å². The third kappa shape index (κ3) is 3.80. The zero-order chi connectivity index (χ0) is 15.4. The quantitative estimate of drug-likeness (QED) is 0.635. The Labute approximate surface area is 130 Å². The molecule has 0 aromatic heterocycles. The van der Waals surface area contributed by atoms with E-state index in [1.807, 2.05) is 25.1 Å². The molecular weight excluding hydrogens is 336 g/mol. The molecule has 0 heterocycles. The predicted molar refractivity (Wildman–Crippen MR) is 85.2 cm³/mol. The molecule has 0 aliphatic heterocycles. The van der Waals surface area contributed by atoms with E-state index in [0.29, 0.717) is 17.8 Å². The standard InChI is InChI=1S/C15H15BrN2O3/c1-10-6-13(16)4-3-12(10)8-17-14-7-11(9-19)2-5-15(14)18(20)21/h2-7,17,19H,8-9H2,1H3. The maximum absolute atomic E-state index is 11.0. The lowest BCUT2D eigenvalue weighted by molar-refractivity contribution is -0.384. The number of aliphatic hydroxyl groups is 1. The van der Waals surface area contributed by atoms with E-state index in [4.69, 9.17) is 5.11 Å². The lowest BCUT2D eigenvalue weighted by Crippen LogP contribution is -2.04. The van der Waals surface area contributed by atoms with Gasteiger partial charge in [0.1, 0.15) is 5.69 Å². The van der Waals surface area contributed by atoms with Crippen LogP contribution in [0.1, 0.15) is 16.7 Å². The molecule has 2 aromatic carbocycles. The molecule has 0 aliphatic carbocycles. The number of anilines is 1. The van der Waals surface area contributed by atoms with Gasteiger partial charge in [0.05, 0.1) is 11.5 Å². The van der Waals surface area contributed by atoms with Crippen LogP contribution in [-0.2, 0) is 13.2 Å². The molecule has 0 radical (unpaired) electrons. The number of nitro benzene ring substituents is 1. The number of nitrogens with one attached hydrogen (secondary N) is 1. The van der Waals surface area contributed by atoms with E-state index >= 15 is 0 Å². The van der Waals surface area contributed by atoms with Gasteiger partial charge in [0, 0.05) is 17.1 Å². The number of halogens is 1. The zero-order valence-electron chi connectivity index (χ0n) is 11.5. The summed E-state index contributed by atoms with van der Waals surface area (Å²) in [6, 6.07) is 10.5. The average molecular weight is 351 g/mol. The normalized spacial score (nSPS) is 10.4. The summed E-state index contributed by atoms with van der Waals surface area (Å²) in [5, 5.41) is 23.3. The van der Waals surface area contributed by atoms with E-state index < -0.39 is 4.92 Å². The highest BCUT2D eigenvalue weighted by molar-refractivity contribution is 9.10. The minimum Gasteiger partial charge on any atom is -0.392 e. The molecule has 0 aliphatic rings. The smallest absolute Gasteiger partial charge is 0.292 e. The summed E-state index contributed by atoms with van der Waals surface area (Å²) in [6.07, 6.45) is 0. The Morgan fingerprint density at radius 1 is 1.29 bits per heavy atom. The first-order valence-electron chi connectivity index (χ1n) is 6.38. The summed E-state index contributed by atoms with van der Waals surface area (Å²) < 4.78 is 0.997. The monoisotopic (exact) mass is 350 g/mol. The van der Waals surface area contributed by atoms with Crippen molar-refractivity contribution in [2.45, 2.75) is 20.1 Å².